The lowest BCUT2D eigenvalue weighted by Crippen LogP contribution is -2.31. The minimum Gasteiger partial charge on any atom is -0.354 e. The van der Waals surface area contributed by atoms with Gasteiger partial charge in [0.15, 0.2) is 0 Å². The molecule has 1 unspecified atom stereocenters. The van der Waals surface area contributed by atoms with Crippen molar-refractivity contribution in [3.05, 3.63) is 34.4 Å². The summed E-state index contributed by atoms with van der Waals surface area (Å²) in [5.41, 5.74) is 0.872. The fourth-order valence-electron chi connectivity index (χ4n) is 2.04. The van der Waals surface area contributed by atoms with Crippen molar-refractivity contribution in [3.8, 4) is 0 Å². The molecule has 0 aliphatic heterocycles. The van der Waals surface area contributed by atoms with E-state index in [1.807, 2.05) is 36.7 Å². The maximum Gasteiger partial charge on any atom is 0.242 e. The molecule has 0 aliphatic carbocycles. The van der Waals surface area contributed by atoms with Crippen molar-refractivity contribution in [2.45, 2.75) is 26.3 Å². The molecular formula is C14H16Cl2N2O. The van der Waals surface area contributed by atoms with Crippen LogP contribution in [0.25, 0.3) is 10.9 Å². The van der Waals surface area contributed by atoms with Gasteiger partial charge in [0, 0.05) is 23.2 Å². The number of nitrogens with zero attached hydrogens (tertiary/aromatic N) is 1. The highest BCUT2D eigenvalue weighted by molar-refractivity contribution is 6.38. The number of benzene rings is 1. The average Bonchev–Trinajstić information content (AvgIpc) is 2.78. The Morgan fingerprint density at radius 2 is 2.16 bits per heavy atom. The third-order valence-corrected chi connectivity index (χ3v) is 3.63. The van der Waals surface area contributed by atoms with Crippen LogP contribution in [0.4, 0.5) is 0 Å². The Morgan fingerprint density at radius 3 is 2.84 bits per heavy atom. The highest BCUT2D eigenvalue weighted by Gasteiger charge is 2.17. The topological polar surface area (TPSA) is 34.0 Å². The van der Waals surface area contributed by atoms with Crippen molar-refractivity contribution in [2.75, 3.05) is 6.54 Å². The molecule has 0 radical (unpaired) electrons. The van der Waals surface area contributed by atoms with E-state index < -0.39 is 0 Å². The smallest absolute Gasteiger partial charge is 0.242 e. The first kappa shape index (κ1) is 14.2. The van der Waals surface area contributed by atoms with Gasteiger partial charge < -0.3 is 9.88 Å². The van der Waals surface area contributed by atoms with E-state index in [2.05, 4.69) is 5.32 Å². The number of nitrogens with one attached hydrogen (secondary N) is 1. The van der Waals surface area contributed by atoms with E-state index in [-0.39, 0.29) is 11.9 Å². The van der Waals surface area contributed by atoms with Crippen LogP contribution >= 0.6 is 23.2 Å². The van der Waals surface area contributed by atoms with E-state index >= 15 is 0 Å². The van der Waals surface area contributed by atoms with Gasteiger partial charge in [0.1, 0.15) is 6.04 Å². The highest BCUT2D eigenvalue weighted by Crippen LogP contribution is 2.30. The van der Waals surface area contributed by atoms with E-state index in [1.165, 1.54) is 0 Å². The zero-order valence-corrected chi connectivity index (χ0v) is 12.4. The van der Waals surface area contributed by atoms with Crippen LogP contribution in [0.2, 0.25) is 10.0 Å². The van der Waals surface area contributed by atoms with E-state index in [4.69, 9.17) is 23.2 Å². The van der Waals surface area contributed by atoms with Crippen molar-refractivity contribution in [3.63, 3.8) is 0 Å². The maximum absolute atomic E-state index is 12.0. The third kappa shape index (κ3) is 2.88. The molecule has 1 N–H and O–H groups in total. The van der Waals surface area contributed by atoms with Gasteiger partial charge in [-0.05, 0) is 31.5 Å². The van der Waals surface area contributed by atoms with Gasteiger partial charge in [0.05, 0.1) is 10.5 Å². The summed E-state index contributed by atoms with van der Waals surface area (Å²) in [6, 6.07) is 5.14. The van der Waals surface area contributed by atoms with Crippen LogP contribution in [0, 0.1) is 0 Å². The molecular weight excluding hydrogens is 283 g/mol. The molecule has 0 saturated carbocycles. The Hall–Kier alpha value is -1.19. The monoisotopic (exact) mass is 298 g/mol. The second-order valence-electron chi connectivity index (χ2n) is 4.51. The van der Waals surface area contributed by atoms with Crippen molar-refractivity contribution in [1.29, 1.82) is 0 Å². The first-order valence-electron chi connectivity index (χ1n) is 6.28. The number of aromatic nitrogens is 1. The highest BCUT2D eigenvalue weighted by atomic mass is 35.5. The van der Waals surface area contributed by atoms with Crippen molar-refractivity contribution in [2.24, 2.45) is 0 Å². The number of halogens is 2. The van der Waals surface area contributed by atoms with Crippen molar-refractivity contribution in [1.82, 2.24) is 9.88 Å². The third-order valence-electron chi connectivity index (χ3n) is 3.10. The molecule has 1 atom stereocenters. The van der Waals surface area contributed by atoms with Gasteiger partial charge in [-0.25, -0.2) is 0 Å². The lowest BCUT2D eigenvalue weighted by molar-refractivity contribution is -0.123. The lowest BCUT2D eigenvalue weighted by Gasteiger charge is -2.15. The Kier molecular flexibility index (Phi) is 4.38. The second-order valence-corrected chi connectivity index (χ2v) is 5.35. The molecule has 0 aliphatic rings. The SMILES string of the molecule is CCCNC(=O)C(C)n1ccc2c(Cl)cc(Cl)cc21. The predicted molar refractivity (Wildman–Crippen MR) is 80.0 cm³/mol. The first-order valence-corrected chi connectivity index (χ1v) is 7.03. The van der Waals surface area contributed by atoms with Crippen LogP contribution in [0.15, 0.2) is 24.4 Å². The number of carbonyl (C=O) groups excluding carboxylic acids is 1. The maximum atomic E-state index is 12.0. The van der Waals surface area contributed by atoms with Crippen LogP contribution in [0.3, 0.4) is 0 Å². The summed E-state index contributed by atoms with van der Waals surface area (Å²) in [5, 5.41) is 4.96. The molecule has 0 saturated heterocycles. The Morgan fingerprint density at radius 1 is 1.42 bits per heavy atom. The molecule has 19 heavy (non-hydrogen) atoms. The largest absolute Gasteiger partial charge is 0.354 e. The zero-order chi connectivity index (χ0) is 14.0. The Labute approximate surface area is 122 Å². The molecule has 1 aromatic carbocycles. The zero-order valence-electron chi connectivity index (χ0n) is 10.9. The van der Waals surface area contributed by atoms with Gasteiger partial charge in [0.25, 0.3) is 0 Å². The van der Waals surface area contributed by atoms with Gasteiger partial charge in [-0.15, -0.1) is 0 Å². The molecule has 1 amide bonds. The van der Waals surface area contributed by atoms with Crippen LogP contribution in [-0.2, 0) is 4.79 Å². The second kappa shape index (κ2) is 5.85. The van der Waals surface area contributed by atoms with E-state index in [0.29, 0.717) is 16.6 Å². The first-order chi connectivity index (χ1) is 9.04. The molecule has 1 heterocycles. The van der Waals surface area contributed by atoms with E-state index in [9.17, 15) is 4.79 Å². The van der Waals surface area contributed by atoms with E-state index in [1.54, 1.807) is 6.07 Å². The standard InChI is InChI=1S/C14H16Cl2N2O/c1-3-5-17-14(19)9(2)18-6-4-11-12(16)7-10(15)8-13(11)18/h4,6-9H,3,5H2,1-2H3,(H,17,19). The summed E-state index contributed by atoms with van der Waals surface area (Å²) in [6.07, 6.45) is 2.78. The van der Waals surface area contributed by atoms with Crippen LogP contribution < -0.4 is 5.32 Å². The fourth-order valence-corrected chi connectivity index (χ4v) is 2.59. The number of rotatable bonds is 4. The van der Waals surface area contributed by atoms with Gasteiger partial charge in [-0.1, -0.05) is 30.1 Å². The average molecular weight is 299 g/mol. The lowest BCUT2D eigenvalue weighted by atomic mass is 10.2. The van der Waals surface area contributed by atoms with Gasteiger partial charge in [-0.3, -0.25) is 4.79 Å². The van der Waals surface area contributed by atoms with Crippen molar-refractivity contribution >= 4 is 40.0 Å². The van der Waals surface area contributed by atoms with Crippen molar-refractivity contribution < 1.29 is 4.79 Å². The normalized spacial score (nSPS) is 12.6. The van der Waals surface area contributed by atoms with Crippen LogP contribution in [0.1, 0.15) is 26.3 Å². The summed E-state index contributed by atoms with van der Waals surface area (Å²) < 4.78 is 1.89. The van der Waals surface area contributed by atoms with Gasteiger partial charge >= 0.3 is 0 Å². The predicted octanol–water partition coefficient (Wildman–Crippen LogP) is 4.04. The molecule has 0 bridgehead atoms. The minimum atomic E-state index is -0.293. The number of hydrogen-bond donors (Lipinski definition) is 1. The molecule has 102 valence electrons. The summed E-state index contributed by atoms with van der Waals surface area (Å²) >= 11 is 12.2. The molecule has 5 heteroatoms. The Bertz CT molecular complexity index is 607. The molecule has 0 spiro atoms. The molecule has 2 aromatic rings. The molecule has 0 fully saturated rings. The quantitative estimate of drug-likeness (QED) is 0.908. The number of carbonyl (C=O) groups is 1. The minimum absolute atomic E-state index is 0.00421. The molecule has 3 nitrogen and oxygen atoms in total. The summed E-state index contributed by atoms with van der Waals surface area (Å²) in [6.45, 7) is 4.57. The number of amides is 1. The molecule has 1 aromatic heterocycles. The summed E-state index contributed by atoms with van der Waals surface area (Å²) in [7, 11) is 0. The fraction of sp³-hybridized carbons (Fsp3) is 0.357. The Balaban J connectivity index is 2.37. The number of hydrogen-bond acceptors (Lipinski definition) is 1. The number of fused-ring (bicyclic) bond motifs is 1. The van der Waals surface area contributed by atoms with Gasteiger partial charge in [-0.2, -0.15) is 0 Å². The molecule has 2 rings (SSSR count). The van der Waals surface area contributed by atoms with E-state index in [0.717, 1.165) is 17.3 Å². The van der Waals surface area contributed by atoms with Crippen LogP contribution in [-0.4, -0.2) is 17.0 Å². The van der Waals surface area contributed by atoms with Gasteiger partial charge in [0.2, 0.25) is 5.91 Å². The van der Waals surface area contributed by atoms with Crippen LogP contribution in [0.5, 0.6) is 0 Å². The summed E-state index contributed by atoms with van der Waals surface area (Å²) in [5.74, 6) is -0.00421. The summed E-state index contributed by atoms with van der Waals surface area (Å²) in [4.78, 5) is 12.0.